The summed E-state index contributed by atoms with van der Waals surface area (Å²) in [5.74, 6) is 1.28. The van der Waals surface area contributed by atoms with Crippen LogP contribution in [0.3, 0.4) is 0 Å². The molecule has 1 aliphatic rings. The van der Waals surface area contributed by atoms with Crippen LogP contribution in [0.15, 0.2) is 35.5 Å². The minimum absolute atomic E-state index is 0.121. The Kier molecular flexibility index (Phi) is 3.68. The van der Waals surface area contributed by atoms with Crippen molar-refractivity contribution in [3.8, 4) is 11.8 Å². The molecule has 0 spiro atoms. The Hall–Kier alpha value is -2.61. The van der Waals surface area contributed by atoms with Gasteiger partial charge in [-0.05, 0) is 12.0 Å². The van der Waals surface area contributed by atoms with E-state index >= 15 is 0 Å². The number of nitrogens with one attached hydrogen (secondary N) is 1. The predicted octanol–water partition coefficient (Wildman–Crippen LogP) is 3.43. The highest BCUT2D eigenvalue weighted by Gasteiger charge is 2.38. The molecule has 5 heteroatoms. The van der Waals surface area contributed by atoms with Gasteiger partial charge in [0.2, 0.25) is 0 Å². The first kappa shape index (κ1) is 14.3. The lowest BCUT2D eigenvalue weighted by Gasteiger charge is -2.29. The van der Waals surface area contributed by atoms with Crippen molar-refractivity contribution in [2.24, 2.45) is 16.8 Å². The summed E-state index contributed by atoms with van der Waals surface area (Å²) < 4.78 is 5.50. The summed E-state index contributed by atoms with van der Waals surface area (Å²) in [6.07, 6.45) is 1.76. The number of ether oxygens (including phenoxy) is 1. The van der Waals surface area contributed by atoms with Crippen molar-refractivity contribution >= 4 is 11.5 Å². The maximum atomic E-state index is 9.77. The summed E-state index contributed by atoms with van der Waals surface area (Å²) >= 11 is 0. The molecule has 2 heterocycles. The molecule has 0 amide bonds. The van der Waals surface area contributed by atoms with Crippen LogP contribution in [0, 0.1) is 23.2 Å². The van der Waals surface area contributed by atoms with Crippen LogP contribution >= 0.6 is 0 Å². The molecule has 0 radical (unpaired) electrons. The van der Waals surface area contributed by atoms with Gasteiger partial charge in [-0.1, -0.05) is 32.0 Å². The Morgan fingerprint density at radius 1 is 1.27 bits per heavy atom. The molecule has 0 aliphatic carbocycles. The Labute approximate surface area is 129 Å². The number of H-pyrrole nitrogens is 1. The number of nitrogens with zero attached hydrogens (tertiary/aromatic N) is 3. The number of hydrogen-bond acceptors (Lipinski definition) is 4. The van der Waals surface area contributed by atoms with Crippen LogP contribution in [0.5, 0.6) is 5.75 Å². The fraction of sp³-hybridized carbons (Fsp3) is 0.353. The first-order valence-electron chi connectivity index (χ1n) is 7.31. The number of nitriles is 1. The molecule has 0 fully saturated rings. The van der Waals surface area contributed by atoms with Crippen molar-refractivity contribution in [1.82, 2.24) is 10.2 Å². The van der Waals surface area contributed by atoms with Crippen LogP contribution in [0.25, 0.3) is 0 Å². The van der Waals surface area contributed by atoms with Crippen LogP contribution in [0.4, 0.5) is 5.82 Å². The van der Waals surface area contributed by atoms with E-state index in [1.807, 2.05) is 24.3 Å². The van der Waals surface area contributed by atoms with Gasteiger partial charge in [0.25, 0.3) is 0 Å². The summed E-state index contributed by atoms with van der Waals surface area (Å²) in [6.45, 7) is 4.12. The molecule has 1 aromatic carbocycles. The van der Waals surface area contributed by atoms with Gasteiger partial charge in [0.1, 0.15) is 5.75 Å². The molecule has 0 bridgehead atoms. The Morgan fingerprint density at radius 2 is 2.05 bits per heavy atom. The Bertz CT molecular complexity index is 754. The van der Waals surface area contributed by atoms with Crippen molar-refractivity contribution in [1.29, 1.82) is 5.26 Å². The minimum atomic E-state index is -0.318. The van der Waals surface area contributed by atoms with E-state index in [9.17, 15) is 5.26 Å². The molecule has 112 valence electrons. The molecule has 2 atom stereocenters. The average molecular weight is 294 g/mol. The topological polar surface area (TPSA) is 74.1 Å². The lowest BCUT2D eigenvalue weighted by molar-refractivity contribution is 0.406. The molecule has 3 rings (SSSR count). The second kappa shape index (κ2) is 5.64. The van der Waals surface area contributed by atoms with E-state index in [1.54, 1.807) is 13.3 Å². The first-order valence-corrected chi connectivity index (χ1v) is 7.31. The lowest BCUT2D eigenvalue weighted by atomic mass is 9.75. The fourth-order valence-corrected chi connectivity index (χ4v) is 3.05. The summed E-state index contributed by atoms with van der Waals surface area (Å²) in [5.41, 5.74) is 2.82. The number of rotatable bonds is 3. The second-order valence-corrected chi connectivity index (χ2v) is 5.69. The summed E-state index contributed by atoms with van der Waals surface area (Å²) in [5, 5.41) is 16.8. The molecule has 0 saturated heterocycles. The average Bonchev–Trinajstić information content (AvgIpc) is 3.00. The van der Waals surface area contributed by atoms with Crippen molar-refractivity contribution in [3.05, 3.63) is 41.6 Å². The van der Waals surface area contributed by atoms with E-state index in [0.717, 1.165) is 28.4 Å². The predicted molar refractivity (Wildman–Crippen MR) is 84.5 cm³/mol. The Balaban J connectivity index is 2.21. The molecule has 0 saturated carbocycles. The van der Waals surface area contributed by atoms with Crippen molar-refractivity contribution < 1.29 is 4.74 Å². The lowest BCUT2D eigenvalue weighted by Crippen LogP contribution is -2.28. The molecule has 1 N–H and O–H groups in total. The molecule has 1 aromatic heterocycles. The third-order valence-corrected chi connectivity index (χ3v) is 4.08. The van der Waals surface area contributed by atoms with Crippen molar-refractivity contribution in [2.75, 3.05) is 7.11 Å². The van der Waals surface area contributed by atoms with Gasteiger partial charge in [0, 0.05) is 22.8 Å². The van der Waals surface area contributed by atoms with Gasteiger partial charge in [-0.25, -0.2) is 4.99 Å². The van der Waals surface area contributed by atoms with E-state index < -0.39 is 0 Å². The highest BCUT2D eigenvalue weighted by molar-refractivity contribution is 5.95. The number of aromatic amines is 1. The van der Waals surface area contributed by atoms with Crippen LogP contribution in [0.2, 0.25) is 0 Å². The summed E-state index contributed by atoms with van der Waals surface area (Å²) in [4.78, 5) is 4.62. The molecular weight excluding hydrogens is 276 g/mol. The third-order valence-electron chi connectivity index (χ3n) is 4.08. The summed E-state index contributed by atoms with van der Waals surface area (Å²) in [6, 6.07) is 10.3. The SMILES string of the molecule is COc1ccccc1C1c2cn[nH]c2N=C(C(C)C)C1C#N. The van der Waals surface area contributed by atoms with Crippen LogP contribution in [0.1, 0.15) is 30.9 Å². The number of benzene rings is 1. The first-order chi connectivity index (χ1) is 10.7. The quantitative estimate of drug-likeness (QED) is 0.942. The highest BCUT2D eigenvalue weighted by atomic mass is 16.5. The second-order valence-electron chi connectivity index (χ2n) is 5.69. The van der Waals surface area contributed by atoms with Gasteiger partial charge >= 0.3 is 0 Å². The molecule has 5 nitrogen and oxygen atoms in total. The van der Waals surface area contributed by atoms with Gasteiger partial charge in [0.05, 0.1) is 25.3 Å². The van der Waals surface area contributed by atoms with Crippen molar-refractivity contribution in [3.63, 3.8) is 0 Å². The van der Waals surface area contributed by atoms with Crippen LogP contribution < -0.4 is 4.74 Å². The minimum Gasteiger partial charge on any atom is -0.496 e. The van der Waals surface area contributed by atoms with Gasteiger partial charge in [0.15, 0.2) is 5.82 Å². The number of aromatic nitrogens is 2. The van der Waals surface area contributed by atoms with E-state index in [1.165, 1.54) is 0 Å². The van der Waals surface area contributed by atoms with E-state index in [0.29, 0.717) is 0 Å². The number of para-hydroxylation sites is 1. The Morgan fingerprint density at radius 3 is 2.73 bits per heavy atom. The smallest absolute Gasteiger partial charge is 0.151 e. The normalized spacial score (nSPS) is 20.2. The van der Waals surface area contributed by atoms with E-state index in [4.69, 9.17) is 4.74 Å². The van der Waals surface area contributed by atoms with Crippen molar-refractivity contribution in [2.45, 2.75) is 19.8 Å². The largest absolute Gasteiger partial charge is 0.496 e. The van der Waals surface area contributed by atoms with Gasteiger partial charge < -0.3 is 4.74 Å². The molecule has 2 unspecified atom stereocenters. The fourth-order valence-electron chi connectivity index (χ4n) is 3.05. The molecular formula is C17H18N4O. The zero-order valence-electron chi connectivity index (χ0n) is 12.9. The number of fused-ring (bicyclic) bond motifs is 1. The van der Waals surface area contributed by atoms with E-state index in [-0.39, 0.29) is 17.8 Å². The van der Waals surface area contributed by atoms with Gasteiger partial charge in [-0.15, -0.1) is 0 Å². The number of aliphatic imine (C=N–C) groups is 1. The molecule has 1 aliphatic heterocycles. The van der Waals surface area contributed by atoms with Gasteiger partial charge in [-0.2, -0.15) is 10.4 Å². The molecule has 22 heavy (non-hydrogen) atoms. The maximum absolute atomic E-state index is 9.77. The summed E-state index contributed by atoms with van der Waals surface area (Å²) in [7, 11) is 1.65. The van der Waals surface area contributed by atoms with E-state index in [2.05, 4.69) is 35.1 Å². The zero-order valence-corrected chi connectivity index (χ0v) is 12.9. The number of methoxy groups -OCH3 is 1. The molecule has 2 aromatic rings. The monoisotopic (exact) mass is 294 g/mol. The van der Waals surface area contributed by atoms with Crippen LogP contribution in [-0.2, 0) is 0 Å². The highest BCUT2D eigenvalue weighted by Crippen LogP contribution is 2.44. The van der Waals surface area contributed by atoms with Gasteiger partial charge in [-0.3, -0.25) is 5.10 Å². The maximum Gasteiger partial charge on any atom is 0.151 e. The third kappa shape index (κ3) is 2.17. The standard InChI is InChI=1S/C17H18N4O/c1-10(2)16-12(8-18)15(13-9-19-21-17(13)20-16)11-6-4-5-7-14(11)22-3/h4-7,9-10,12,15H,1-3H3,(H,19,21). The zero-order chi connectivity index (χ0) is 15.7. The van der Waals surface area contributed by atoms with Crippen LogP contribution in [-0.4, -0.2) is 23.0 Å². The number of hydrogen-bond donors (Lipinski definition) is 1.